The van der Waals surface area contributed by atoms with Crippen LogP contribution in [0, 0.1) is 5.82 Å². The summed E-state index contributed by atoms with van der Waals surface area (Å²) in [5.41, 5.74) is 6.51. The van der Waals surface area contributed by atoms with Crippen molar-refractivity contribution < 1.29 is 18.8 Å². The summed E-state index contributed by atoms with van der Waals surface area (Å²) in [5, 5.41) is 5.06. The number of carbonyl (C=O) groups is 3. The van der Waals surface area contributed by atoms with Crippen LogP contribution in [0.3, 0.4) is 0 Å². The van der Waals surface area contributed by atoms with Gasteiger partial charge in [0.1, 0.15) is 17.9 Å². The van der Waals surface area contributed by atoms with E-state index in [9.17, 15) is 18.8 Å². The van der Waals surface area contributed by atoms with Gasteiger partial charge in [0.15, 0.2) is 0 Å². The molecular weight excluding hydrogens is 429 g/mol. The van der Waals surface area contributed by atoms with Crippen molar-refractivity contribution >= 4 is 33.7 Å². The second-order valence-electron chi connectivity index (χ2n) is 6.31. The van der Waals surface area contributed by atoms with Gasteiger partial charge in [-0.15, -0.1) is 0 Å². The van der Waals surface area contributed by atoms with Crippen LogP contribution >= 0.6 is 15.9 Å². The molecule has 0 aromatic heterocycles. The van der Waals surface area contributed by atoms with Crippen molar-refractivity contribution in [3.05, 3.63) is 69.9 Å². The van der Waals surface area contributed by atoms with Gasteiger partial charge in [-0.3, -0.25) is 14.4 Å². The lowest BCUT2D eigenvalue weighted by Gasteiger charge is -2.22. The summed E-state index contributed by atoms with van der Waals surface area (Å²) in [4.78, 5) is 36.1. The lowest BCUT2D eigenvalue weighted by atomic mass is 10.0. The van der Waals surface area contributed by atoms with Crippen LogP contribution in [-0.2, 0) is 27.2 Å². The minimum Gasteiger partial charge on any atom is -0.368 e. The molecule has 28 heavy (non-hydrogen) atoms. The van der Waals surface area contributed by atoms with E-state index in [0.29, 0.717) is 0 Å². The number of halogens is 2. The van der Waals surface area contributed by atoms with Gasteiger partial charge in [-0.25, -0.2) is 4.39 Å². The summed E-state index contributed by atoms with van der Waals surface area (Å²) >= 11 is 3.39. The topological polar surface area (TPSA) is 101 Å². The zero-order valence-corrected chi connectivity index (χ0v) is 16.8. The fourth-order valence-corrected chi connectivity index (χ4v) is 3.16. The summed E-state index contributed by atoms with van der Waals surface area (Å²) in [7, 11) is 0. The van der Waals surface area contributed by atoms with Crippen LogP contribution in [-0.4, -0.2) is 29.8 Å². The Morgan fingerprint density at radius 3 is 2.11 bits per heavy atom. The highest BCUT2D eigenvalue weighted by molar-refractivity contribution is 9.10. The number of nitrogens with two attached hydrogens (primary N) is 1. The third kappa shape index (κ3) is 6.16. The molecule has 3 amide bonds. The number of hydrogen-bond donors (Lipinski definition) is 3. The number of amides is 3. The number of rotatable bonds is 8. The van der Waals surface area contributed by atoms with E-state index in [-0.39, 0.29) is 18.4 Å². The molecule has 0 saturated heterocycles. The van der Waals surface area contributed by atoms with E-state index in [2.05, 4.69) is 26.6 Å². The molecule has 4 N–H and O–H groups in total. The molecule has 0 radical (unpaired) electrons. The van der Waals surface area contributed by atoms with Crippen LogP contribution in [0.25, 0.3) is 0 Å². The lowest BCUT2D eigenvalue weighted by molar-refractivity contribution is -0.130. The van der Waals surface area contributed by atoms with Gasteiger partial charge in [-0.2, -0.15) is 0 Å². The molecule has 2 atom stereocenters. The number of hydrogen-bond acceptors (Lipinski definition) is 3. The van der Waals surface area contributed by atoms with Crippen molar-refractivity contribution in [1.82, 2.24) is 10.6 Å². The summed E-state index contributed by atoms with van der Waals surface area (Å²) < 4.78 is 14.7. The molecular formula is C20H21BrFN3O3. The molecule has 0 saturated carbocycles. The maximum absolute atomic E-state index is 13.9. The summed E-state index contributed by atoms with van der Waals surface area (Å²) in [6.45, 7) is 1.26. The van der Waals surface area contributed by atoms with Crippen molar-refractivity contribution in [2.75, 3.05) is 0 Å². The highest BCUT2D eigenvalue weighted by Gasteiger charge is 2.26. The number of benzene rings is 2. The molecule has 0 aliphatic carbocycles. The first-order chi connectivity index (χ1) is 13.3. The van der Waals surface area contributed by atoms with E-state index in [0.717, 1.165) is 10.0 Å². The largest absolute Gasteiger partial charge is 0.368 e. The third-order valence-electron chi connectivity index (χ3n) is 4.12. The molecule has 2 aromatic carbocycles. The van der Waals surface area contributed by atoms with Crippen molar-refractivity contribution in [3.8, 4) is 0 Å². The van der Waals surface area contributed by atoms with Crippen LogP contribution in [0.2, 0.25) is 0 Å². The van der Waals surface area contributed by atoms with Gasteiger partial charge in [0.25, 0.3) is 0 Å². The molecule has 0 bridgehead atoms. The van der Waals surface area contributed by atoms with Gasteiger partial charge in [-0.05, 0) is 23.3 Å². The Morgan fingerprint density at radius 2 is 1.54 bits per heavy atom. The van der Waals surface area contributed by atoms with Gasteiger partial charge < -0.3 is 16.4 Å². The Bertz CT molecular complexity index is 875. The Labute approximate surface area is 170 Å². The van der Waals surface area contributed by atoms with Crippen LogP contribution in [0.5, 0.6) is 0 Å². The van der Waals surface area contributed by atoms with E-state index in [1.807, 2.05) is 12.1 Å². The molecule has 0 aliphatic rings. The first-order valence-corrected chi connectivity index (χ1v) is 9.41. The van der Waals surface area contributed by atoms with Crippen molar-refractivity contribution in [2.24, 2.45) is 5.73 Å². The molecule has 0 heterocycles. The minimum atomic E-state index is -1.05. The lowest BCUT2D eigenvalue weighted by Crippen LogP contribution is -2.54. The van der Waals surface area contributed by atoms with E-state index in [1.54, 1.807) is 18.2 Å². The van der Waals surface area contributed by atoms with Crippen molar-refractivity contribution in [2.45, 2.75) is 31.8 Å². The molecule has 0 aliphatic heterocycles. The molecule has 0 fully saturated rings. The van der Waals surface area contributed by atoms with Crippen LogP contribution in [0.15, 0.2) is 53.0 Å². The van der Waals surface area contributed by atoms with Crippen molar-refractivity contribution in [3.63, 3.8) is 0 Å². The first kappa shape index (κ1) is 21.6. The average Bonchev–Trinajstić information content (AvgIpc) is 2.63. The second-order valence-corrected chi connectivity index (χ2v) is 7.16. The molecule has 0 spiro atoms. The Balaban J connectivity index is 2.17. The second kappa shape index (κ2) is 9.98. The van der Waals surface area contributed by atoms with E-state index >= 15 is 0 Å². The Kier molecular flexibility index (Phi) is 7.69. The van der Waals surface area contributed by atoms with Gasteiger partial charge in [-0.1, -0.05) is 52.3 Å². The molecule has 6 nitrogen and oxygen atoms in total. The summed E-state index contributed by atoms with van der Waals surface area (Å²) in [6.07, 6.45) is 0.119. The van der Waals surface area contributed by atoms with E-state index in [4.69, 9.17) is 5.73 Å². The molecule has 8 heteroatoms. The van der Waals surface area contributed by atoms with Crippen LogP contribution in [0.1, 0.15) is 18.1 Å². The highest BCUT2D eigenvalue weighted by atomic mass is 79.9. The average molecular weight is 450 g/mol. The number of nitrogens with one attached hydrogen (secondary N) is 2. The van der Waals surface area contributed by atoms with Crippen LogP contribution in [0.4, 0.5) is 4.39 Å². The predicted molar refractivity (Wildman–Crippen MR) is 107 cm³/mol. The monoisotopic (exact) mass is 449 g/mol. The quantitative estimate of drug-likeness (QED) is 0.572. The fourth-order valence-electron chi connectivity index (χ4n) is 2.72. The minimum absolute atomic E-state index is 0.0569. The standard InChI is InChI=1S/C20H21BrFN3O3/c1-12(26)24-18(11-14-7-3-5-9-16(14)22)20(28)25-17(19(23)27)10-13-6-2-4-8-15(13)21/h2-9,17-18H,10-11H2,1H3,(H2,23,27)(H,24,26)(H,25,28)/t17-,18+/m0/s1. The van der Waals surface area contributed by atoms with Gasteiger partial charge in [0.05, 0.1) is 0 Å². The predicted octanol–water partition coefficient (Wildman–Crippen LogP) is 1.85. The SMILES string of the molecule is CC(=O)N[C@H](Cc1ccccc1F)C(=O)N[C@@H](Cc1ccccc1Br)C(N)=O. The number of primary amides is 1. The molecule has 148 valence electrons. The fraction of sp³-hybridized carbons (Fsp3) is 0.250. The summed E-state index contributed by atoms with van der Waals surface area (Å²) in [5.74, 6) is -2.26. The molecule has 2 rings (SSSR count). The number of carbonyl (C=O) groups excluding carboxylic acids is 3. The van der Waals surface area contributed by atoms with E-state index < -0.39 is 35.6 Å². The van der Waals surface area contributed by atoms with Gasteiger partial charge in [0, 0.05) is 24.2 Å². The first-order valence-electron chi connectivity index (χ1n) is 8.61. The third-order valence-corrected chi connectivity index (χ3v) is 4.89. The highest BCUT2D eigenvalue weighted by Crippen LogP contribution is 2.17. The zero-order chi connectivity index (χ0) is 20.7. The normalized spacial score (nSPS) is 12.7. The van der Waals surface area contributed by atoms with Gasteiger partial charge >= 0.3 is 0 Å². The molecule has 0 unspecified atom stereocenters. The molecule has 2 aromatic rings. The van der Waals surface area contributed by atoms with Gasteiger partial charge in [0.2, 0.25) is 17.7 Å². The van der Waals surface area contributed by atoms with E-state index in [1.165, 1.54) is 25.1 Å². The zero-order valence-electron chi connectivity index (χ0n) is 15.2. The Morgan fingerprint density at radius 1 is 0.964 bits per heavy atom. The Hall–Kier alpha value is -2.74. The smallest absolute Gasteiger partial charge is 0.243 e. The van der Waals surface area contributed by atoms with Crippen molar-refractivity contribution in [1.29, 1.82) is 0 Å². The summed E-state index contributed by atoms with van der Waals surface area (Å²) in [6, 6.07) is 11.2. The maximum Gasteiger partial charge on any atom is 0.243 e. The van der Waals surface area contributed by atoms with Crippen LogP contribution < -0.4 is 16.4 Å². The maximum atomic E-state index is 13.9.